The van der Waals surface area contributed by atoms with Gasteiger partial charge >= 0.3 is 0 Å². The monoisotopic (exact) mass is 290 g/mol. The average Bonchev–Trinajstić information content (AvgIpc) is 2.64. The first-order valence-corrected chi connectivity index (χ1v) is 8.16. The second kappa shape index (κ2) is 7.92. The largest absolute Gasteiger partial charge is 0.375 e. The molecule has 3 heteroatoms. The minimum atomic E-state index is -0.0342. The molecule has 0 radical (unpaired) electrons. The molecule has 1 N–H and O–H groups in total. The van der Waals surface area contributed by atoms with E-state index in [9.17, 15) is 0 Å². The summed E-state index contributed by atoms with van der Waals surface area (Å²) in [6.45, 7) is 11.6. The van der Waals surface area contributed by atoms with E-state index in [4.69, 9.17) is 4.74 Å². The van der Waals surface area contributed by atoms with Crippen LogP contribution in [-0.4, -0.2) is 49.3 Å². The van der Waals surface area contributed by atoms with Crippen LogP contribution in [0.2, 0.25) is 0 Å². The van der Waals surface area contributed by atoms with Gasteiger partial charge in [-0.3, -0.25) is 4.90 Å². The minimum absolute atomic E-state index is 0.0342. The van der Waals surface area contributed by atoms with Crippen molar-refractivity contribution in [2.75, 3.05) is 32.8 Å². The first-order valence-electron chi connectivity index (χ1n) is 8.16. The Bertz CT molecular complexity index is 399. The molecule has 0 spiro atoms. The van der Waals surface area contributed by atoms with Crippen LogP contribution in [0.25, 0.3) is 0 Å². The van der Waals surface area contributed by atoms with Gasteiger partial charge in [0.15, 0.2) is 0 Å². The number of hydrogen-bond donors (Lipinski definition) is 1. The Morgan fingerprint density at radius 1 is 1.24 bits per heavy atom. The maximum atomic E-state index is 5.86. The third-order valence-electron chi connectivity index (χ3n) is 3.83. The molecule has 1 atom stereocenters. The second-order valence-electron chi connectivity index (χ2n) is 6.96. The molecule has 1 unspecified atom stereocenters. The van der Waals surface area contributed by atoms with E-state index in [1.165, 1.54) is 18.5 Å². The molecule has 1 aliphatic heterocycles. The van der Waals surface area contributed by atoms with Gasteiger partial charge in [-0.15, -0.1) is 0 Å². The fourth-order valence-electron chi connectivity index (χ4n) is 2.80. The number of rotatable bonds is 5. The van der Waals surface area contributed by atoms with Crippen molar-refractivity contribution in [3.63, 3.8) is 0 Å². The zero-order valence-corrected chi connectivity index (χ0v) is 13.8. The first-order chi connectivity index (χ1) is 10.0. The number of nitrogens with zero attached hydrogens (tertiary/aromatic N) is 1. The van der Waals surface area contributed by atoms with Crippen molar-refractivity contribution in [2.24, 2.45) is 0 Å². The van der Waals surface area contributed by atoms with E-state index < -0.39 is 0 Å². The molecule has 1 heterocycles. The molecule has 0 saturated carbocycles. The van der Waals surface area contributed by atoms with E-state index in [0.29, 0.717) is 6.04 Å². The lowest BCUT2D eigenvalue weighted by Gasteiger charge is -2.26. The van der Waals surface area contributed by atoms with Gasteiger partial charge in [0, 0.05) is 19.1 Å². The van der Waals surface area contributed by atoms with Crippen LogP contribution in [0.4, 0.5) is 0 Å². The molecule has 0 bridgehead atoms. The van der Waals surface area contributed by atoms with Gasteiger partial charge in [-0.2, -0.15) is 0 Å². The van der Waals surface area contributed by atoms with Gasteiger partial charge in [-0.05, 0) is 52.3 Å². The zero-order chi connectivity index (χ0) is 15.1. The Morgan fingerprint density at radius 3 is 2.71 bits per heavy atom. The number of hydrogen-bond acceptors (Lipinski definition) is 3. The highest BCUT2D eigenvalue weighted by molar-refractivity contribution is 5.16. The van der Waals surface area contributed by atoms with Gasteiger partial charge < -0.3 is 10.1 Å². The Labute approximate surface area is 129 Å². The van der Waals surface area contributed by atoms with Crippen molar-refractivity contribution in [3.05, 3.63) is 35.9 Å². The molecule has 21 heavy (non-hydrogen) atoms. The lowest BCUT2D eigenvalue weighted by atomic mass is 10.1. The first kappa shape index (κ1) is 16.5. The van der Waals surface area contributed by atoms with Crippen molar-refractivity contribution in [3.8, 4) is 0 Å². The van der Waals surface area contributed by atoms with Crippen LogP contribution < -0.4 is 5.32 Å². The van der Waals surface area contributed by atoms with Gasteiger partial charge in [0.1, 0.15) is 0 Å². The Balaban J connectivity index is 1.80. The predicted octanol–water partition coefficient (Wildman–Crippen LogP) is 2.71. The van der Waals surface area contributed by atoms with Crippen molar-refractivity contribution in [1.29, 1.82) is 0 Å². The second-order valence-corrected chi connectivity index (χ2v) is 6.96. The molecule has 1 aromatic rings. The molecule has 1 saturated heterocycles. The van der Waals surface area contributed by atoms with E-state index in [1.54, 1.807) is 0 Å². The van der Waals surface area contributed by atoms with Gasteiger partial charge in [0.25, 0.3) is 0 Å². The van der Waals surface area contributed by atoms with Crippen LogP contribution in [0.3, 0.4) is 0 Å². The maximum absolute atomic E-state index is 5.86. The fourth-order valence-corrected chi connectivity index (χ4v) is 2.80. The van der Waals surface area contributed by atoms with E-state index in [0.717, 1.165) is 32.7 Å². The highest BCUT2D eigenvalue weighted by Gasteiger charge is 2.18. The molecule has 118 valence electrons. The number of benzene rings is 1. The highest BCUT2D eigenvalue weighted by atomic mass is 16.5. The molecule has 0 aromatic heterocycles. The number of nitrogens with one attached hydrogen (secondary N) is 1. The molecular formula is C18H30N2O. The summed E-state index contributed by atoms with van der Waals surface area (Å²) in [7, 11) is 0. The van der Waals surface area contributed by atoms with E-state index in [-0.39, 0.29) is 5.60 Å². The molecule has 1 fully saturated rings. The number of ether oxygens (including phenoxy) is 1. The standard InChI is InChI=1S/C18H30N2O/c1-18(2,3)21-13-12-20-11-7-10-19-17(15-20)14-16-8-5-4-6-9-16/h4-6,8-9,17,19H,7,10-15H2,1-3H3. The quantitative estimate of drug-likeness (QED) is 0.902. The van der Waals surface area contributed by atoms with Crippen LogP contribution >= 0.6 is 0 Å². The summed E-state index contributed by atoms with van der Waals surface area (Å²) < 4.78 is 5.86. The summed E-state index contributed by atoms with van der Waals surface area (Å²) in [5.74, 6) is 0. The Morgan fingerprint density at radius 2 is 2.00 bits per heavy atom. The lowest BCUT2D eigenvalue weighted by Crippen LogP contribution is -2.40. The van der Waals surface area contributed by atoms with Crippen molar-refractivity contribution < 1.29 is 4.74 Å². The zero-order valence-electron chi connectivity index (χ0n) is 13.8. The average molecular weight is 290 g/mol. The smallest absolute Gasteiger partial charge is 0.0600 e. The topological polar surface area (TPSA) is 24.5 Å². The van der Waals surface area contributed by atoms with Gasteiger partial charge in [-0.25, -0.2) is 0 Å². The normalized spacial score (nSPS) is 21.2. The molecule has 1 aromatic carbocycles. The molecule has 1 aliphatic rings. The predicted molar refractivity (Wildman–Crippen MR) is 88.7 cm³/mol. The van der Waals surface area contributed by atoms with E-state index >= 15 is 0 Å². The summed E-state index contributed by atoms with van der Waals surface area (Å²) in [5.41, 5.74) is 1.39. The van der Waals surface area contributed by atoms with Crippen molar-refractivity contribution in [1.82, 2.24) is 10.2 Å². The van der Waals surface area contributed by atoms with Crippen LogP contribution in [0.1, 0.15) is 32.8 Å². The van der Waals surface area contributed by atoms with Gasteiger partial charge in [0.05, 0.1) is 12.2 Å². The van der Waals surface area contributed by atoms with Gasteiger partial charge in [-0.1, -0.05) is 30.3 Å². The summed E-state index contributed by atoms with van der Waals surface area (Å²) in [6.07, 6.45) is 2.33. The van der Waals surface area contributed by atoms with Crippen LogP contribution in [-0.2, 0) is 11.2 Å². The molecule has 2 rings (SSSR count). The molecule has 3 nitrogen and oxygen atoms in total. The van der Waals surface area contributed by atoms with Crippen LogP contribution in [0.15, 0.2) is 30.3 Å². The third-order valence-corrected chi connectivity index (χ3v) is 3.83. The summed E-state index contributed by atoms with van der Waals surface area (Å²) in [5, 5.41) is 3.68. The van der Waals surface area contributed by atoms with Crippen molar-refractivity contribution in [2.45, 2.75) is 45.3 Å². The van der Waals surface area contributed by atoms with E-state index in [2.05, 4.69) is 61.3 Å². The Kier molecular flexibility index (Phi) is 6.22. The highest BCUT2D eigenvalue weighted by Crippen LogP contribution is 2.10. The van der Waals surface area contributed by atoms with Crippen LogP contribution in [0, 0.1) is 0 Å². The molecular weight excluding hydrogens is 260 g/mol. The third kappa shape index (κ3) is 6.60. The minimum Gasteiger partial charge on any atom is -0.375 e. The summed E-state index contributed by atoms with van der Waals surface area (Å²) in [4.78, 5) is 2.54. The van der Waals surface area contributed by atoms with E-state index in [1.807, 2.05) is 0 Å². The molecule has 0 aliphatic carbocycles. The summed E-state index contributed by atoms with van der Waals surface area (Å²) >= 11 is 0. The van der Waals surface area contributed by atoms with Crippen molar-refractivity contribution >= 4 is 0 Å². The Hall–Kier alpha value is -0.900. The van der Waals surface area contributed by atoms with Crippen LogP contribution in [0.5, 0.6) is 0 Å². The summed E-state index contributed by atoms with van der Waals surface area (Å²) in [6, 6.07) is 11.3. The maximum Gasteiger partial charge on any atom is 0.0600 e. The molecule has 0 amide bonds. The van der Waals surface area contributed by atoms with Gasteiger partial charge in [0.2, 0.25) is 0 Å². The fraction of sp³-hybridized carbons (Fsp3) is 0.667. The SMILES string of the molecule is CC(C)(C)OCCN1CCCNC(Cc2ccccc2)C1. The lowest BCUT2D eigenvalue weighted by molar-refractivity contribution is -0.0131.